The molecule has 0 aromatic carbocycles. The van der Waals surface area contributed by atoms with Crippen LogP contribution in [0.1, 0.15) is 12.0 Å². The van der Waals surface area contributed by atoms with E-state index < -0.39 is 4.92 Å². The molecule has 1 aromatic heterocycles. The Kier molecular flexibility index (Phi) is 4.37. The summed E-state index contributed by atoms with van der Waals surface area (Å²) >= 11 is 0. The molecule has 17 heavy (non-hydrogen) atoms. The van der Waals surface area contributed by atoms with Crippen molar-refractivity contribution >= 4 is 11.5 Å². The third kappa shape index (κ3) is 3.12. The highest BCUT2D eigenvalue weighted by Crippen LogP contribution is 2.20. The van der Waals surface area contributed by atoms with Crippen molar-refractivity contribution < 1.29 is 4.92 Å². The SMILES string of the molecule is CN(CCCN)c1ncc([N+](=O)[O-])cc1C#N. The number of hydrogen-bond acceptors (Lipinski definition) is 6. The van der Waals surface area contributed by atoms with Crippen LogP contribution in [-0.4, -0.2) is 30.0 Å². The van der Waals surface area contributed by atoms with Crippen molar-refractivity contribution in [1.82, 2.24) is 4.98 Å². The van der Waals surface area contributed by atoms with E-state index in [-0.39, 0.29) is 11.3 Å². The van der Waals surface area contributed by atoms with Crippen LogP contribution in [0.25, 0.3) is 0 Å². The average molecular weight is 235 g/mol. The van der Waals surface area contributed by atoms with Crippen molar-refractivity contribution in [3.63, 3.8) is 0 Å². The van der Waals surface area contributed by atoms with E-state index in [9.17, 15) is 10.1 Å². The summed E-state index contributed by atoms with van der Waals surface area (Å²) in [6.07, 6.45) is 1.91. The summed E-state index contributed by atoms with van der Waals surface area (Å²) in [6.45, 7) is 1.19. The van der Waals surface area contributed by atoms with Gasteiger partial charge >= 0.3 is 0 Å². The molecule has 90 valence electrons. The van der Waals surface area contributed by atoms with E-state index >= 15 is 0 Å². The van der Waals surface area contributed by atoms with Crippen LogP contribution in [0.15, 0.2) is 12.3 Å². The number of nitriles is 1. The molecule has 0 aliphatic rings. The van der Waals surface area contributed by atoms with Gasteiger partial charge in [-0.05, 0) is 13.0 Å². The minimum atomic E-state index is -0.572. The lowest BCUT2D eigenvalue weighted by atomic mass is 10.2. The summed E-state index contributed by atoms with van der Waals surface area (Å²) in [5.74, 6) is 0.437. The van der Waals surface area contributed by atoms with E-state index in [0.29, 0.717) is 18.9 Å². The third-order valence-corrected chi connectivity index (χ3v) is 2.24. The van der Waals surface area contributed by atoms with Crippen molar-refractivity contribution in [2.24, 2.45) is 5.73 Å². The molecule has 0 saturated heterocycles. The monoisotopic (exact) mass is 235 g/mol. The molecular formula is C10H13N5O2. The predicted molar refractivity (Wildman–Crippen MR) is 62.5 cm³/mol. The molecule has 1 aromatic rings. The summed E-state index contributed by atoms with van der Waals surface area (Å²) in [5, 5.41) is 19.5. The number of hydrogen-bond donors (Lipinski definition) is 1. The van der Waals surface area contributed by atoms with Gasteiger partial charge in [-0.25, -0.2) is 4.98 Å². The molecule has 0 spiro atoms. The van der Waals surface area contributed by atoms with Gasteiger partial charge in [0.1, 0.15) is 23.6 Å². The highest BCUT2D eigenvalue weighted by Gasteiger charge is 2.14. The molecule has 0 saturated carbocycles. The van der Waals surface area contributed by atoms with Gasteiger partial charge in [-0.3, -0.25) is 10.1 Å². The van der Waals surface area contributed by atoms with Gasteiger partial charge in [-0.15, -0.1) is 0 Å². The lowest BCUT2D eigenvalue weighted by Gasteiger charge is -2.18. The Labute approximate surface area is 98.6 Å². The van der Waals surface area contributed by atoms with Gasteiger partial charge in [0.15, 0.2) is 0 Å². The number of nitro groups is 1. The smallest absolute Gasteiger partial charge is 0.289 e. The number of aromatic nitrogens is 1. The van der Waals surface area contributed by atoms with Crippen molar-refractivity contribution in [3.8, 4) is 6.07 Å². The van der Waals surface area contributed by atoms with Gasteiger partial charge in [-0.1, -0.05) is 0 Å². The van der Waals surface area contributed by atoms with E-state index in [1.54, 1.807) is 11.9 Å². The van der Waals surface area contributed by atoms with E-state index in [1.807, 2.05) is 6.07 Å². The van der Waals surface area contributed by atoms with Crippen molar-refractivity contribution in [2.75, 3.05) is 25.0 Å². The van der Waals surface area contributed by atoms with Gasteiger partial charge in [-0.2, -0.15) is 5.26 Å². The highest BCUT2D eigenvalue weighted by molar-refractivity contribution is 5.56. The Balaban J connectivity index is 3.01. The van der Waals surface area contributed by atoms with Crippen LogP contribution in [0, 0.1) is 21.4 Å². The molecule has 0 aliphatic heterocycles. The molecule has 7 nitrogen and oxygen atoms in total. The molecule has 1 rings (SSSR count). The summed E-state index contributed by atoms with van der Waals surface area (Å²) in [4.78, 5) is 15.7. The first-order valence-electron chi connectivity index (χ1n) is 5.06. The van der Waals surface area contributed by atoms with Gasteiger partial charge in [0.05, 0.1) is 4.92 Å². The lowest BCUT2D eigenvalue weighted by Crippen LogP contribution is -2.23. The van der Waals surface area contributed by atoms with E-state index in [0.717, 1.165) is 12.6 Å². The number of nitrogens with zero attached hydrogens (tertiary/aromatic N) is 4. The fourth-order valence-corrected chi connectivity index (χ4v) is 1.37. The standard InChI is InChI=1S/C10H13N5O2/c1-14(4-2-3-11)10-8(6-12)5-9(7-13-10)15(16)17/h5,7H,2-4,11H2,1H3. The second-order valence-electron chi connectivity index (χ2n) is 3.50. The van der Waals surface area contributed by atoms with E-state index in [1.165, 1.54) is 6.07 Å². The number of nitrogens with two attached hydrogens (primary N) is 1. The minimum absolute atomic E-state index is 0.183. The van der Waals surface area contributed by atoms with Gasteiger partial charge < -0.3 is 10.6 Å². The fourth-order valence-electron chi connectivity index (χ4n) is 1.37. The largest absolute Gasteiger partial charge is 0.359 e. The molecule has 0 radical (unpaired) electrons. The third-order valence-electron chi connectivity index (χ3n) is 2.24. The minimum Gasteiger partial charge on any atom is -0.359 e. The molecule has 0 unspecified atom stereocenters. The van der Waals surface area contributed by atoms with Crippen LogP contribution in [-0.2, 0) is 0 Å². The molecular weight excluding hydrogens is 222 g/mol. The van der Waals surface area contributed by atoms with Crippen LogP contribution in [0.2, 0.25) is 0 Å². The van der Waals surface area contributed by atoms with Crippen LogP contribution in [0.4, 0.5) is 11.5 Å². The van der Waals surface area contributed by atoms with Crippen molar-refractivity contribution in [1.29, 1.82) is 5.26 Å². The quantitative estimate of drug-likeness (QED) is 0.592. The zero-order chi connectivity index (χ0) is 12.8. The van der Waals surface area contributed by atoms with Crippen molar-refractivity contribution in [2.45, 2.75) is 6.42 Å². The summed E-state index contributed by atoms with van der Waals surface area (Å²) in [6, 6.07) is 3.13. The molecule has 0 atom stereocenters. The van der Waals surface area contributed by atoms with Crippen LogP contribution in [0.5, 0.6) is 0 Å². The summed E-state index contributed by atoms with van der Waals surface area (Å²) in [7, 11) is 1.77. The van der Waals surface area contributed by atoms with Crippen LogP contribution in [0.3, 0.4) is 0 Å². The van der Waals surface area contributed by atoms with E-state index in [2.05, 4.69) is 4.98 Å². The van der Waals surface area contributed by atoms with Gasteiger partial charge in [0.2, 0.25) is 0 Å². The normalized spacial score (nSPS) is 9.71. The second kappa shape index (κ2) is 5.77. The van der Waals surface area contributed by atoms with Crippen molar-refractivity contribution in [3.05, 3.63) is 27.9 Å². The summed E-state index contributed by atoms with van der Waals surface area (Å²) < 4.78 is 0. The zero-order valence-corrected chi connectivity index (χ0v) is 9.46. The van der Waals surface area contributed by atoms with E-state index in [4.69, 9.17) is 11.0 Å². The molecule has 0 aliphatic carbocycles. The Morgan fingerprint density at radius 3 is 2.94 bits per heavy atom. The molecule has 7 heteroatoms. The molecule has 2 N–H and O–H groups in total. The highest BCUT2D eigenvalue weighted by atomic mass is 16.6. The fraction of sp³-hybridized carbons (Fsp3) is 0.400. The van der Waals surface area contributed by atoms with Gasteiger partial charge in [0, 0.05) is 19.7 Å². The Morgan fingerprint density at radius 2 is 2.41 bits per heavy atom. The molecule has 0 bridgehead atoms. The average Bonchev–Trinajstić information content (AvgIpc) is 2.34. The first-order valence-corrected chi connectivity index (χ1v) is 5.06. The van der Waals surface area contributed by atoms with Crippen LogP contribution >= 0.6 is 0 Å². The second-order valence-corrected chi connectivity index (χ2v) is 3.50. The first kappa shape index (κ1) is 12.9. The summed E-state index contributed by atoms with van der Waals surface area (Å²) in [5.41, 5.74) is 5.40. The maximum absolute atomic E-state index is 10.5. The molecule has 0 fully saturated rings. The number of rotatable bonds is 5. The molecule has 0 amide bonds. The zero-order valence-electron chi connectivity index (χ0n) is 9.46. The Bertz CT molecular complexity index is 454. The molecule has 1 heterocycles. The number of pyridine rings is 1. The maximum atomic E-state index is 10.5. The Hall–Kier alpha value is -2.20. The Morgan fingerprint density at radius 1 is 1.71 bits per heavy atom. The number of anilines is 1. The topological polar surface area (TPSA) is 109 Å². The lowest BCUT2D eigenvalue weighted by molar-refractivity contribution is -0.385. The van der Waals surface area contributed by atoms with Crippen LogP contribution < -0.4 is 10.6 Å². The maximum Gasteiger partial charge on any atom is 0.289 e. The predicted octanol–water partition coefficient (Wildman–Crippen LogP) is 0.646. The van der Waals surface area contributed by atoms with Gasteiger partial charge in [0.25, 0.3) is 5.69 Å². The first-order chi connectivity index (χ1) is 8.10.